The van der Waals surface area contributed by atoms with Gasteiger partial charge >= 0.3 is 0 Å². The highest BCUT2D eigenvalue weighted by atomic mass is 19.1. The van der Waals surface area contributed by atoms with Gasteiger partial charge in [0.05, 0.1) is 6.54 Å². The molecule has 108 valence electrons. The van der Waals surface area contributed by atoms with Crippen LogP contribution in [0.15, 0.2) is 28.8 Å². The zero-order chi connectivity index (χ0) is 14.5. The van der Waals surface area contributed by atoms with Crippen molar-refractivity contribution in [3.63, 3.8) is 0 Å². The largest absolute Gasteiger partial charge is 0.338 e. The second-order valence-electron chi connectivity index (χ2n) is 5.13. The zero-order valence-corrected chi connectivity index (χ0v) is 12.1. The normalized spacial score (nSPS) is 11.5. The van der Waals surface area contributed by atoms with Crippen LogP contribution in [0.4, 0.5) is 4.39 Å². The molecule has 2 aromatic rings. The Bertz CT molecular complexity index is 554. The topological polar surface area (TPSA) is 42.2 Å². The van der Waals surface area contributed by atoms with E-state index >= 15 is 0 Å². The van der Waals surface area contributed by atoms with Gasteiger partial charge in [-0.15, -0.1) is 0 Å². The summed E-state index contributed by atoms with van der Waals surface area (Å²) in [5.74, 6) is 1.37. The molecule has 0 atom stereocenters. The van der Waals surface area contributed by atoms with E-state index in [1.807, 2.05) is 19.9 Å². The van der Waals surface area contributed by atoms with E-state index in [-0.39, 0.29) is 11.7 Å². The molecule has 0 spiro atoms. The summed E-state index contributed by atoms with van der Waals surface area (Å²) >= 11 is 0. The van der Waals surface area contributed by atoms with Gasteiger partial charge in [0.1, 0.15) is 5.82 Å². The van der Waals surface area contributed by atoms with E-state index in [1.54, 1.807) is 12.1 Å². The monoisotopic (exact) mass is 277 g/mol. The minimum atomic E-state index is -0.210. The molecule has 0 fully saturated rings. The molecule has 0 bridgehead atoms. The molecule has 1 aromatic heterocycles. The molecule has 0 radical (unpaired) electrons. The van der Waals surface area contributed by atoms with Gasteiger partial charge in [-0.3, -0.25) is 4.90 Å². The molecule has 0 amide bonds. The second-order valence-corrected chi connectivity index (χ2v) is 5.13. The van der Waals surface area contributed by atoms with Gasteiger partial charge in [0.2, 0.25) is 5.89 Å². The number of hydrogen-bond donors (Lipinski definition) is 0. The third kappa shape index (κ3) is 3.87. The van der Waals surface area contributed by atoms with E-state index in [9.17, 15) is 4.39 Å². The zero-order valence-electron chi connectivity index (χ0n) is 12.1. The number of benzene rings is 1. The van der Waals surface area contributed by atoms with E-state index in [0.29, 0.717) is 19.0 Å². The number of aromatic nitrogens is 2. The van der Waals surface area contributed by atoms with Crippen LogP contribution in [0.2, 0.25) is 0 Å². The van der Waals surface area contributed by atoms with Gasteiger partial charge in [0, 0.05) is 12.5 Å². The first-order valence-corrected chi connectivity index (χ1v) is 6.87. The SMILES string of the molecule is CCN(Cc1cccc(F)c1)Cc1nc(C(C)C)no1. The Morgan fingerprint density at radius 1 is 1.30 bits per heavy atom. The molecule has 0 aliphatic carbocycles. The van der Waals surface area contributed by atoms with Crippen LogP contribution in [-0.2, 0) is 13.1 Å². The molecule has 5 heteroatoms. The average Bonchev–Trinajstić information content (AvgIpc) is 2.87. The highest BCUT2D eigenvalue weighted by Crippen LogP contribution is 2.13. The number of nitrogens with zero attached hydrogens (tertiary/aromatic N) is 3. The van der Waals surface area contributed by atoms with E-state index in [4.69, 9.17) is 4.52 Å². The van der Waals surface area contributed by atoms with Crippen LogP contribution in [0.3, 0.4) is 0 Å². The van der Waals surface area contributed by atoms with Crippen LogP contribution < -0.4 is 0 Å². The van der Waals surface area contributed by atoms with E-state index < -0.39 is 0 Å². The fourth-order valence-electron chi connectivity index (χ4n) is 1.93. The first-order valence-electron chi connectivity index (χ1n) is 6.87. The molecule has 2 rings (SSSR count). The van der Waals surface area contributed by atoms with Crippen molar-refractivity contribution in [2.75, 3.05) is 6.54 Å². The summed E-state index contributed by atoms with van der Waals surface area (Å²) in [6.45, 7) is 8.17. The standard InChI is InChI=1S/C15H20FN3O/c1-4-19(9-12-6-5-7-13(16)8-12)10-14-17-15(11(2)3)18-20-14/h5-8,11H,4,9-10H2,1-3H3. The summed E-state index contributed by atoms with van der Waals surface area (Å²) in [5.41, 5.74) is 0.940. The third-order valence-electron chi connectivity index (χ3n) is 3.10. The van der Waals surface area contributed by atoms with Gasteiger partial charge in [-0.2, -0.15) is 4.98 Å². The molecule has 20 heavy (non-hydrogen) atoms. The summed E-state index contributed by atoms with van der Waals surface area (Å²) in [6, 6.07) is 6.64. The van der Waals surface area contributed by atoms with Gasteiger partial charge in [0.15, 0.2) is 5.82 Å². The van der Waals surface area contributed by atoms with Gasteiger partial charge in [-0.25, -0.2) is 4.39 Å². The molecule has 0 saturated carbocycles. The predicted molar refractivity (Wildman–Crippen MR) is 74.6 cm³/mol. The van der Waals surface area contributed by atoms with Crippen molar-refractivity contribution in [1.82, 2.24) is 15.0 Å². The van der Waals surface area contributed by atoms with Gasteiger partial charge in [0.25, 0.3) is 0 Å². The van der Waals surface area contributed by atoms with Crippen molar-refractivity contribution in [3.05, 3.63) is 47.4 Å². The van der Waals surface area contributed by atoms with Crippen molar-refractivity contribution in [2.45, 2.75) is 39.8 Å². The number of rotatable bonds is 6. The lowest BCUT2D eigenvalue weighted by Gasteiger charge is -2.18. The minimum absolute atomic E-state index is 0.210. The van der Waals surface area contributed by atoms with Crippen molar-refractivity contribution in [2.24, 2.45) is 0 Å². The highest BCUT2D eigenvalue weighted by molar-refractivity contribution is 5.16. The summed E-state index contributed by atoms with van der Waals surface area (Å²) in [7, 11) is 0. The number of halogens is 1. The first-order chi connectivity index (χ1) is 9.58. The van der Waals surface area contributed by atoms with Crippen LogP contribution in [0, 0.1) is 5.82 Å². The molecule has 0 saturated heterocycles. The van der Waals surface area contributed by atoms with E-state index in [0.717, 1.165) is 17.9 Å². The van der Waals surface area contributed by atoms with Crippen LogP contribution in [-0.4, -0.2) is 21.6 Å². The van der Waals surface area contributed by atoms with Crippen LogP contribution in [0.1, 0.15) is 44.0 Å². The minimum Gasteiger partial charge on any atom is -0.338 e. The Hall–Kier alpha value is -1.75. The lowest BCUT2D eigenvalue weighted by Crippen LogP contribution is -2.22. The fourth-order valence-corrected chi connectivity index (χ4v) is 1.93. The fraction of sp³-hybridized carbons (Fsp3) is 0.467. The maximum atomic E-state index is 13.2. The molecule has 0 aliphatic heterocycles. The molecular weight excluding hydrogens is 257 g/mol. The first kappa shape index (κ1) is 14.7. The maximum Gasteiger partial charge on any atom is 0.240 e. The number of hydrogen-bond acceptors (Lipinski definition) is 4. The molecule has 1 aromatic carbocycles. The molecular formula is C15H20FN3O. The Balaban J connectivity index is 2.01. The lowest BCUT2D eigenvalue weighted by atomic mass is 10.2. The maximum absolute atomic E-state index is 13.2. The van der Waals surface area contributed by atoms with Gasteiger partial charge in [-0.1, -0.05) is 38.1 Å². The third-order valence-corrected chi connectivity index (χ3v) is 3.10. The summed E-state index contributed by atoms with van der Waals surface area (Å²) in [5, 5.41) is 3.95. The summed E-state index contributed by atoms with van der Waals surface area (Å²) in [4.78, 5) is 6.49. The second kappa shape index (κ2) is 6.61. The Kier molecular flexibility index (Phi) is 4.84. The molecule has 0 N–H and O–H groups in total. The van der Waals surface area contributed by atoms with E-state index in [2.05, 4.69) is 22.0 Å². The van der Waals surface area contributed by atoms with Crippen molar-refractivity contribution in [3.8, 4) is 0 Å². The molecule has 1 heterocycles. The van der Waals surface area contributed by atoms with Crippen molar-refractivity contribution in [1.29, 1.82) is 0 Å². The highest BCUT2D eigenvalue weighted by Gasteiger charge is 2.13. The molecule has 4 nitrogen and oxygen atoms in total. The lowest BCUT2D eigenvalue weighted by molar-refractivity contribution is 0.228. The smallest absolute Gasteiger partial charge is 0.240 e. The van der Waals surface area contributed by atoms with Gasteiger partial charge in [-0.05, 0) is 24.2 Å². The van der Waals surface area contributed by atoms with Crippen LogP contribution >= 0.6 is 0 Å². The Labute approximate surface area is 118 Å². The Morgan fingerprint density at radius 2 is 2.10 bits per heavy atom. The van der Waals surface area contributed by atoms with Gasteiger partial charge < -0.3 is 4.52 Å². The summed E-state index contributed by atoms with van der Waals surface area (Å²) in [6.07, 6.45) is 0. The van der Waals surface area contributed by atoms with Crippen molar-refractivity contribution < 1.29 is 8.91 Å². The molecule has 0 unspecified atom stereocenters. The predicted octanol–water partition coefficient (Wildman–Crippen LogP) is 3.35. The Morgan fingerprint density at radius 3 is 2.70 bits per heavy atom. The van der Waals surface area contributed by atoms with Crippen molar-refractivity contribution >= 4 is 0 Å². The quantitative estimate of drug-likeness (QED) is 0.812. The summed E-state index contributed by atoms with van der Waals surface area (Å²) < 4.78 is 18.4. The van der Waals surface area contributed by atoms with Crippen LogP contribution in [0.5, 0.6) is 0 Å². The molecule has 0 aliphatic rings. The van der Waals surface area contributed by atoms with E-state index in [1.165, 1.54) is 6.07 Å². The average molecular weight is 277 g/mol. The van der Waals surface area contributed by atoms with Crippen LogP contribution in [0.25, 0.3) is 0 Å².